The lowest BCUT2D eigenvalue weighted by Gasteiger charge is -2.24. The Hall–Kier alpha value is -3.89. The second-order valence-corrected chi connectivity index (χ2v) is 11.7. The Morgan fingerprint density at radius 3 is 2.36 bits per heavy atom. The summed E-state index contributed by atoms with van der Waals surface area (Å²) < 4.78 is 36.4. The number of carbonyl (C=O) groups excluding carboxylic acids is 1. The minimum Gasteiger partial charge on any atom is -0.497 e. The van der Waals surface area contributed by atoms with Crippen LogP contribution in [0.3, 0.4) is 0 Å². The van der Waals surface area contributed by atoms with E-state index >= 15 is 0 Å². The van der Waals surface area contributed by atoms with Crippen LogP contribution >= 0.6 is 15.9 Å². The van der Waals surface area contributed by atoms with Crippen molar-refractivity contribution in [2.45, 2.75) is 25.7 Å². The first-order valence-corrected chi connectivity index (χ1v) is 14.3. The Bertz CT molecular complexity index is 1610. The van der Waals surface area contributed by atoms with E-state index in [1.165, 1.54) is 19.2 Å². The predicted molar refractivity (Wildman–Crippen MR) is 157 cm³/mol. The second-order valence-electron chi connectivity index (χ2n) is 8.96. The molecule has 0 atom stereocenters. The highest BCUT2D eigenvalue weighted by molar-refractivity contribution is 9.10. The van der Waals surface area contributed by atoms with Gasteiger partial charge in [-0.15, -0.1) is 0 Å². The number of amides is 1. The molecule has 202 valence electrons. The number of aryl methyl sites for hydroxylation is 2. The Balaban J connectivity index is 1.56. The molecule has 0 radical (unpaired) electrons. The van der Waals surface area contributed by atoms with Gasteiger partial charge in [-0.2, -0.15) is 5.10 Å². The summed E-state index contributed by atoms with van der Waals surface area (Å²) in [5.74, 6) is -0.0144. The van der Waals surface area contributed by atoms with E-state index in [1.54, 1.807) is 42.6 Å². The zero-order valence-electron chi connectivity index (χ0n) is 22.1. The summed E-state index contributed by atoms with van der Waals surface area (Å²) in [6.45, 7) is 5.37. The first-order chi connectivity index (χ1) is 18.6. The van der Waals surface area contributed by atoms with Crippen LogP contribution < -0.4 is 14.5 Å². The van der Waals surface area contributed by atoms with Gasteiger partial charge >= 0.3 is 0 Å². The van der Waals surface area contributed by atoms with Crippen molar-refractivity contribution in [3.8, 4) is 11.4 Å². The molecule has 0 aliphatic carbocycles. The molecule has 0 unspecified atom stereocenters. The summed E-state index contributed by atoms with van der Waals surface area (Å²) in [5, 5.41) is 4.12. The Morgan fingerprint density at radius 1 is 1.03 bits per heavy atom. The zero-order chi connectivity index (χ0) is 28.2. The monoisotopic (exact) mass is 608 g/mol. The number of benzene rings is 3. The molecule has 3 aromatic carbocycles. The average molecular weight is 610 g/mol. The number of methoxy groups -OCH3 is 1. The minimum atomic E-state index is -4.03. The molecule has 8 nitrogen and oxygen atoms in total. The molecule has 4 aromatic rings. The molecule has 1 N–H and O–H groups in total. The topological polar surface area (TPSA) is 93.0 Å². The Kier molecular flexibility index (Phi) is 8.57. The fourth-order valence-corrected chi connectivity index (χ4v) is 5.98. The smallest absolute Gasteiger partial charge is 0.264 e. The number of aromatic nitrogens is 1. The van der Waals surface area contributed by atoms with Gasteiger partial charge < -0.3 is 9.30 Å². The van der Waals surface area contributed by atoms with Crippen molar-refractivity contribution in [3.63, 3.8) is 0 Å². The first-order valence-electron chi connectivity index (χ1n) is 12.1. The largest absolute Gasteiger partial charge is 0.497 e. The second kappa shape index (κ2) is 11.9. The van der Waals surface area contributed by atoms with Crippen molar-refractivity contribution >= 4 is 43.8 Å². The van der Waals surface area contributed by atoms with Crippen LogP contribution in [-0.2, 0) is 14.8 Å². The molecule has 0 spiro atoms. The number of nitrogens with one attached hydrogen (secondary N) is 1. The van der Waals surface area contributed by atoms with Crippen molar-refractivity contribution in [1.82, 2.24) is 9.99 Å². The van der Waals surface area contributed by atoms with E-state index in [2.05, 4.69) is 31.0 Å². The van der Waals surface area contributed by atoms with Crippen LogP contribution in [0.1, 0.15) is 22.5 Å². The quantitative estimate of drug-likeness (QED) is 0.200. The van der Waals surface area contributed by atoms with Crippen molar-refractivity contribution in [2.75, 3.05) is 18.0 Å². The summed E-state index contributed by atoms with van der Waals surface area (Å²) in [6.07, 6.45) is 1.56. The molecule has 1 aromatic heterocycles. The number of nitrogens with zero attached hydrogens (tertiary/aromatic N) is 3. The summed E-state index contributed by atoms with van der Waals surface area (Å²) in [4.78, 5) is 13.0. The van der Waals surface area contributed by atoms with Crippen LogP contribution in [0, 0.1) is 20.8 Å². The van der Waals surface area contributed by atoms with Crippen molar-refractivity contribution in [1.29, 1.82) is 0 Å². The normalized spacial score (nSPS) is 11.5. The van der Waals surface area contributed by atoms with Gasteiger partial charge in [-0.3, -0.25) is 9.10 Å². The number of halogens is 1. The van der Waals surface area contributed by atoms with Crippen LogP contribution in [0.5, 0.6) is 5.75 Å². The number of hydrogen-bond donors (Lipinski definition) is 1. The van der Waals surface area contributed by atoms with Crippen LogP contribution in [0.15, 0.2) is 93.3 Å². The number of carbonyl (C=O) groups is 1. The van der Waals surface area contributed by atoms with Gasteiger partial charge in [-0.1, -0.05) is 39.7 Å². The molecule has 1 amide bonds. The van der Waals surface area contributed by atoms with Crippen molar-refractivity contribution < 1.29 is 17.9 Å². The number of hydrogen-bond acceptors (Lipinski definition) is 5. The number of hydrazone groups is 1. The van der Waals surface area contributed by atoms with E-state index < -0.39 is 22.5 Å². The maximum absolute atomic E-state index is 13.5. The summed E-state index contributed by atoms with van der Waals surface area (Å²) >= 11 is 3.51. The molecular formula is C29H29BrN4O4S. The van der Waals surface area contributed by atoms with Gasteiger partial charge in [-0.05, 0) is 81.4 Å². The molecule has 0 bridgehead atoms. The average Bonchev–Trinajstić information content (AvgIpc) is 3.20. The Labute approximate surface area is 237 Å². The third-order valence-corrected chi connectivity index (χ3v) is 8.47. The van der Waals surface area contributed by atoms with E-state index in [4.69, 9.17) is 4.74 Å². The van der Waals surface area contributed by atoms with Crippen LogP contribution in [0.2, 0.25) is 0 Å². The van der Waals surface area contributed by atoms with Gasteiger partial charge in [0.25, 0.3) is 15.9 Å². The van der Waals surface area contributed by atoms with Gasteiger partial charge in [0, 0.05) is 27.1 Å². The van der Waals surface area contributed by atoms with Crippen molar-refractivity contribution in [2.24, 2.45) is 5.10 Å². The fraction of sp³-hybridized carbons (Fsp3) is 0.172. The van der Waals surface area contributed by atoms with Gasteiger partial charge in [0.15, 0.2) is 0 Å². The van der Waals surface area contributed by atoms with E-state index in [-0.39, 0.29) is 4.90 Å². The lowest BCUT2D eigenvalue weighted by atomic mass is 10.2. The highest BCUT2D eigenvalue weighted by Gasteiger charge is 2.27. The molecule has 0 saturated heterocycles. The first kappa shape index (κ1) is 28.1. The predicted octanol–water partition coefficient (Wildman–Crippen LogP) is 5.52. The highest BCUT2D eigenvalue weighted by Crippen LogP contribution is 2.26. The van der Waals surface area contributed by atoms with Gasteiger partial charge in [-0.25, -0.2) is 13.8 Å². The zero-order valence-corrected chi connectivity index (χ0v) is 24.5. The highest BCUT2D eigenvalue weighted by atomic mass is 79.9. The third kappa shape index (κ3) is 6.40. The number of sulfonamides is 1. The molecule has 0 fully saturated rings. The van der Waals surface area contributed by atoms with Crippen LogP contribution in [0.4, 0.5) is 5.69 Å². The molecule has 10 heteroatoms. The van der Waals surface area contributed by atoms with Crippen LogP contribution in [0.25, 0.3) is 5.69 Å². The number of anilines is 1. The van der Waals surface area contributed by atoms with E-state index in [1.807, 2.05) is 51.1 Å². The maximum Gasteiger partial charge on any atom is 0.264 e. The van der Waals surface area contributed by atoms with Crippen molar-refractivity contribution in [3.05, 3.63) is 106 Å². The standard InChI is InChI=1S/C29H29BrN4O4S/c1-20-8-14-28(15-9-20)39(36,37)33(25-10-12-27(38-4)13-11-25)19-29(35)32-31-18-23-16-21(2)34(22(23)3)26-7-5-6-24(30)17-26/h5-18H,19H2,1-4H3,(H,32,35)/b31-18-. The lowest BCUT2D eigenvalue weighted by Crippen LogP contribution is -2.39. The molecule has 0 aliphatic heterocycles. The molecule has 1 heterocycles. The van der Waals surface area contributed by atoms with E-state index in [0.29, 0.717) is 11.4 Å². The van der Waals surface area contributed by atoms with Crippen LogP contribution in [-0.4, -0.2) is 38.8 Å². The fourth-order valence-electron chi connectivity index (χ4n) is 4.17. The van der Waals surface area contributed by atoms with E-state index in [9.17, 15) is 13.2 Å². The molecule has 4 rings (SSSR count). The maximum atomic E-state index is 13.5. The third-order valence-electron chi connectivity index (χ3n) is 6.19. The number of ether oxygens (including phenoxy) is 1. The van der Waals surface area contributed by atoms with Gasteiger partial charge in [0.1, 0.15) is 12.3 Å². The SMILES string of the molecule is COc1ccc(N(CC(=O)N/N=C\c2cc(C)n(-c3cccc(Br)c3)c2C)S(=O)(=O)c2ccc(C)cc2)cc1. The number of rotatable bonds is 9. The Morgan fingerprint density at radius 2 is 1.72 bits per heavy atom. The molecule has 0 saturated carbocycles. The summed E-state index contributed by atoms with van der Waals surface area (Å²) in [5.41, 5.74) is 7.51. The minimum absolute atomic E-state index is 0.0835. The lowest BCUT2D eigenvalue weighted by molar-refractivity contribution is -0.119. The van der Waals surface area contributed by atoms with Gasteiger partial charge in [0.05, 0.1) is 23.9 Å². The molecule has 0 aliphatic rings. The molecular weight excluding hydrogens is 580 g/mol. The molecule has 39 heavy (non-hydrogen) atoms. The van der Waals surface area contributed by atoms with E-state index in [0.717, 1.165) is 37.0 Å². The van der Waals surface area contributed by atoms with Gasteiger partial charge in [0.2, 0.25) is 0 Å². The summed E-state index contributed by atoms with van der Waals surface area (Å²) in [6, 6.07) is 22.9. The summed E-state index contributed by atoms with van der Waals surface area (Å²) in [7, 11) is -2.51.